The van der Waals surface area contributed by atoms with Crippen molar-refractivity contribution in [2.45, 2.75) is 13.5 Å². The highest BCUT2D eigenvalue weighted by Gasteiger charge is 2.14. The van der Waals surface area contributed by atoms with E-state index in [1.807, 2.05) is 0 Å². The minimum absolute atomic E-state index is 0.00685. The Bertz CT molecular complexity index is 316. The Morgan fingerprint density at radius 3 is 3.08 bits per heavy atom. The fraction of sp³-hybridized carbons (Fsp3) is 0.286. The smallest absolute Gasteiger partial charge is 0.343 e. The molecule has 0 aliphatic carbocycles. The quantitative estimate of drug-likeness (QED) is 0.387. The first-order chi connectivity index (χ1) is 5.66. The van der Waals surface area contributed by atoms with Gasteiger partial charge in [-0.05, 0) is 4.92 Å². The van der Waals surface area contributed by atoms with Crippen LogP contribution in [0.15, 0.2) is 18.9 Å². The van der Waals surface area contributed by atoms with Crippen molar-refractivity contribution in [2.24, 2.45) is 0 Å². The lowest BCUT2D eigenvalue weighted by molar-refractivity contribution is -0.392. The van der Waals surface area contributed by atoms with E-state index in [9.17, 15) is 10.1 Å². The Balaban J connectivity index is 3.11. The van der Waals surface area contributed by atoms with Gasteiger partial charge in [0.15, 0.2) is 5.82 Å². The summed E-state index contributed by atoms with van der Waals surface area (Å²) in [5.41, 5.74) is 0. The number of rotatable bonds is 3. The van der Waals surface area contributed by atoms with Crippen LogP contribution in [0.1, 0.15) is 5.82 Å². The molecule has 5 heteroatoms. The number of allylic oxidation sites excluding steroid dienone is 1. The third kappa shape index (κ3) is 1.34. The summed E-state index contributed by atoms with van der Waals surface area (Å²) < 4.78 is 1.49. The maximum atomic E-state index is 10.4. The molecule has 1 heterocycles. The third-order valence-electron chi connectivity index (χ3n) is 1.53. The molecule has 0 fully saturated rings. The Hall–Kier alpha value is -1.65. The van der Waals surface area contributed by atoms with Gasteiger partial charge in [0.2, 0.25) is 0 Å². The fourth-order valence-electron chi connectivity index (χ4n) is 0.957. The standard InChI is InChI=1S/C7H9N3O2/c1-3-4-9-6(2)8-5-7(9)10(11)12/h3,5H,1,4H2,2H3. The lowest BCUT2D eigenvalue weighted by atomic mass is 10.5. The summed E-state index contributed by atoms with van der Waals surface area (Å²) in [6.45, 7) is 5.64. The maximum absolute atomic E-state index is 10.4. The van der Waals surface area contributed by atoms with Gasteiger partial charge in [0.1, 0.15) is 12.7 Å². The van der Waals surface area contributed by atoms with Crippen LogP contribution in [0.25, 0.3) is 0 Å². The predicted octanol–water partition coefficient (Wildman–Crippen LogP) is 1.29. The number of imidazole rings is 1. The van der Waals surface area contributed by atoms with E-state index in [1.165, 1.54) is 10.8 Å². The number of aryl methyl sites for hydroxylation is 1. The largest absolute Gasteiger partial charge is 0.358 e. The van der Waals surface area contributed by atoms with Gasteiger partial charge in [-0.15, -0.1) is 0 Å². The summed E-state index contributed by atoms with van der Waals surface area (Å²) in [6.07, 6.45) is 2.85. The van der Waals surface area contributed by atoms with Crippen molar-refractivity contribution in [3.63, 3.8) is 0 Å². The summed E-state index contributed by atoms with van der Waals surface area (Å²) in [7, 11) is 0. The highest BCUT2D eigenvalue weighted by atomic mass is 16.6. The molecular formula is C7H9N3O2. The normalized spacial score (nSPS) is 9.75. The minimum atomic E-state index is -0.455. The van der Waals surface area contributed by atoms with Gasteiger partial charge in [0.05, 0.1) is 0 Å². The Labute approximate surface area is 69.5 Å². The zero-order chi connectivity index (χ0) is 9.14. The van der Waals surface area contributed by atoms with Crippen LogP contribution in [0, 0.1) is 17.0 Å². The molecule has 0 spiro atoms. The molecule has 0 saturated heterocycles. The summed E-state index contributed by atoms with van der Waals surface area (Å²) in [6, 6.07) is 0. The molecule has 0 aromatic carbocycles. The van der Waals surface area contributed by atoms with Crippen molar-refractivity contribution in [3.8, 4) is 0 Å². The van der Waals surface area contributed by atoms with Crippen LogP contribution in [-0.2, 0) is 6.54 Å². The van der Waals surface area contributed by atoms with E-state index in [-0.39, 0.29) is 5.82 Å². The molecule has 1 aromatic rings. The first-order valence-corrected chi connectivity index (χ1v) is 3.44. The summed E-state index contributed by atoms with van der Waals surface area (Å²) in [4.78, 5) is 13.8. The average Bonchev–Trinajstić information content (AvgIpc) is 2.34. The SMILES string of the molecule is C=CCn1c([N+](=O)[O-])cnc1C. The van der Waals surface area contributed by atoms with Crippen molar-refractivity contribution < 1.29 is 4.92 Å². The van der Waals surface area contributed by atoms with Crippen LogP contribution < -0.4 is 0 Å². The number of hydrogen-bond donors (Lipinski definition) is 0. The van der Waals surface area contributed by atoms with Gasteiger partial charge in [0.25, 0.3) is 0 Å². The predicted molar refractivity (Wildman–Crippen MR) is 43.8 cm³/mol. The number of nitrogens with zero attached hydrogens (tertiary/aromatic N) is 3. The second-order valence-electron chi connectivity index (χ2n) is 2.32. The molecule has 0 bridgehead atoms. The Morgan fingerprint density at radius 1 is 1.92 bits per heavy atom. The van der Waals surface area contributed by atoms with Gasteiger partial charge < -0.3 is 10.1 Å². The first kappa shape index (κ1) is 8.45. The molecule has 0 aliphatic heterocycles. The molecule has 12 heavy (non-hydrogen) atoms. The van der Waals surface area contributed by atoms with E-state index in [0.29, 0.717) is 12.4 Å². The van der Waals surface area contributed by atoms with Gasteiger partial charge in [-0.3, -0.25) is 0 Å². The van der Waals surface area contributed by atoms with Crippen LogP contribution >= 0.6 is 0 Å². The summed E-state index contributed by atoms with van der Waals surface area (Å²) >= 11 is 0. The van der Waals surface area contributed by atoms with Gasteiger partial charge in [0, 0.05) is 6.92 Å². The molecule has 0 atom stereocenters. The van der Waals surface area contributed by atoms with Crippen molar-refractivity contribution in [3.05, 3.63) is 34.8 Å². The number of nitro groups is 1. The molecule has 0 N–H and O–H groups in total. The first-order valence-electron chi connectivity index (χ1n) is 3.44. The molecule has 0 aliphatic rings. The van der Waals surface area contributed by atoms with Crippen molar-refractivity contribution in [2.75, 3.05) is 0 Å². The lowest BCUT2D eigenvalue weighted by Crippen LogP contribution is -2.02. The molecule has 5 nitrogen and oxygen atoms in total. The monoisotopic (exact) mass is 167 g/mol. The minimum Gasteiger partial charge on any atom is -0.358 e. The second-order valence-corrected chi connectivity index (χ2v) is 2.32. The van der Waals surface area contributed by atoms with Crippen LogP contribution in [0.4, 0.5) is 5.82 Å². The number of aromatic nitrogens is 2. The van der Waals surface area contributed by atoms with Crippen LogP contribution in [-0.4, -0.2) is 14.5 Å². The third-order valence-corrected chi connectivity index (χ3v) is 1.53. The highest BCUT2D eigenvalue weighted by Crippen LogP contribution is 2.12. The van der Waals surface area contributed by atoms with E-state index >= 15 is 0 Å². The van der Waals surface area contributed by atoms with Gasteiger partial charge in [-0.25, -0.2) is 9.55 Å². The van der Waals surface area contributed by atoms with E-state index < -0.39 is 4.92 Å². The van der Waals surface area contributed by atoms with E-state index in [0.717, 1.165) is 0 Å². The molecule has 1 rings (SSSR count). The maximum Gasteiger partial charge on any atom is 0.343 e. The molecule has 0 amide bonds. The van der Waals surface area contributed by atoms with Crippen LogP contribution in [0.2, 0.25) is 0 Å². The van der Waals surface area contributed by atoms with E-state index in [2.05, 4.69) is 11.6 Å². The van der Waals surface area contributed by atoms with Gasteiger partial charge in [-0.1, -0.05) is 12.7 Å². The summed E-state index contributed by atoms with van der Waals surface area (Å²) in [5, 5.41) is 10.4. The number of hydrogen-bond acceptors (Lipinski definition) is 3. The molecule has 0 radical (unpaired) electrons. The zero-order valence-electron chi connectivity index (χ0n) is 6.73. The van der Waals surface area contributed by atoms with Gasteiger partial charge >= 0.3 is 5.82 Å². The van der Waals surface area contributed by atoms with Crippen molar-refractivity contribution in [1.29, 1.82) is 0 Å². The van der Waals surface area contributed by atoms with E-state index in [4.69, 9.17) is 0 Å². The fourth-order valence-corrected chi connectivity index (χ4v) is 0.957. The topological polar surface area (TPSA) is 61.0 Å². The molecule has 64 valence electrons. The van der Waals surface area contributed by atoms with E-state index in [1.54, 1.807) is 13.0 Å². The lowest BCUT2D eigenvalue weighted by Gasteiger charge is -1.97. The Morgan fingerprint density at radius 2 is 2.58 bits per heavy atom. The summed E-state index contributed by atoms with van der Waals surface area (Å²) in [5.74, 6) is 0.633. The highest BCUT2D eigenvalue weighted by molar-refractivity contribution is 5.19. The van der Waals surface area contributed by atoms with Crippen molar-refractivity contribution >= 4 is 5.82 Å². The zero-order valence-corrected chi connectivity index (χ0v) is 6.73. The molecule has 1 aromatic heterocycles. The average molecular weight is 167 g/mol. The van der Waals surface area contributed by atoms with Gasteiger partial charge in [-0.2, -0.15) is 0 Å². The Kier molecular flexibility index (Phi) is 2.23. The second kappa shape index (κ2) is 3.17. The van der Waals surface area contributed by atoms with Crippen molar-refractivity contribution in [1.82, 2.24) is 9.55 Å². The molecule has 0 unspecified atom stereocenters. The van der Waals surface area contributed by atoms with Crippen LogP contribution in [0.5, 0.6) is 0 Å². The van der Waals surface area contributed by atoms with Crippen LogP contribution in [0.3, 0.4) is 0 Å². The molecule has 0 saturated carbocycles. The molecular weight excluding hydrogens is 158 g/mol.